The van der Waals surface area contributed by atoms with Gasteiger partial charge in [0.1, 0.15) is 0 Å². The minimum Gasteiger partial charge on any atom is -0.452 e. The van der Waals surface area contributed by atoms with Gasteiger partial charge in [0.05, 0.1) is 11.1 Å². The van der Waals surface area contributed by atoms with Crippen LogP contribution in [-0.4, -0.2) is 30.6 Å². The van der Waals surface area contributed by atoms with Gasteiger partial charge in [0.25, 0.3) is 5.91 Å². The molecule has 0 bridgehead atoms. The zero-order chi connectivity index (χ0) is 18.3. The van der Waals surface area contributed by atoms with E-state index in [1.54, 1.807) is 6.92 Å². The van der Waals surface area contributed by atoms with Crippen molar-refractivity contribution in [2.24, 2.45) is 0 Å². The number of nitrogens with one attached hydrogen (secondary N) is 2. The Hall–Kier alpha value is -2.58. The van der Waals surface area contributed by atoms with Crippen molar-refractivity contribution >= 4 is 17.9 Å². The average molecular weight is 346 g/mol. The van der Waals surface area contributed by atoms with Gasteiger partial charge in [0, 0.05) is 6.04 Å². The van der Waals surface area contributed by atoms with Crippen LogP contribution in [0.4, 0.5) is 18.0 Å². The number of alkyl halides is 3. The van der Waals surface area contributed by atoms with Crippen molar-refractivity contribution < 1.29 is 32.3 Å². The fourth-order valence-electron chi connectivity index (χ4n) is 1.64. The Morgan fingerprint density at radius 3 is 2.42 bits per heavy atom. The summed E-state index contributed by atoms with van der Waals surface area (Å²) in [7, 11) is 0. The average Bonchev–Trinajstić information content (AvgIpc) is 2.51. The molecule has 0 aliphatic heterocycles. The van der Waals surface area contributed by atoms with Crippen LogP contribution in [0.1, 0.15) is 36.2 Å². The van der Waals surface area contributed by atoms with Crippen molar-refractivity contribution in [2.45, 2.75) is 32.5 Å². The van der Waals surface area contributed by atoms with E-state index in [9.17, 15) is 27.6 Å². The van der Waals surface area contributed by atoms with Crippen LogP contribution in [0.2, 0.25) is 0 Å². The molecule has 0 aliphatic carbocycles. The molecule has 1 atom stereocenters. The molecule has 0 unspecified atom stereocenters. The van der Waals surface area contributed by atoms with Crippen LogP contribution in [0.15, 0.2) is 24.3 Å². The molecule has 1 rings (SSSR count). The standard InChI is InChI=1S/C15H17F3N2O4/c1-3-9(2)19-14(23)20-12(21)8-24-13(22)10-6-4-5-7-11(10)15(16,17)18/h4-7,9H,3,8H2,1-2H3,(H2,19,20,21,23)/t9-/m0/s1. The van der Waals surface area contributed by atoms with Crippen LogP contribution in [0.3, 0.4) is 0 Å². The van der Waals surface area contributed by atoms with E-state index in [1.165, 1.54) is 6.07 Å². The first-order valence-corrected chi connectivity index (χ1v) is 7.08. The van der Waals surface area contributed by atoms with Crippen molar-refractivity contribution in [3.05, 3.63) is 35.4 Å². The first kappa shape index (κ1) is 19.5. The number of urea groups is 1. The van der Waals surface area contributed by atoms with Crippen LogP contribution in [0.25, 0.3) is 0 Å². The van der Waals surface area contributed by atoms with Gasteiger partial charge in [-0.3, -0.25) is 10.1 Å². The van der Waals surface area contributed by atoms with Crippen molar-refractivity contribution in [1.29, 1.82) is 0 Å². The zero-order valence-electron chi connectivity index (χ0n) is 13.1. The van der Waals surface area contributed by atoms with Gasteiger partial charge in [-0.1, -0.05) is 19.1 Å². The highest BCUT2D eigenvalue weighted by Gasteiger charge is 2.35. The largest absolute Gasteiger partial charge is 0.452 e. The summed E-state index contributed by atoms with van der Waals surface area (Å²) in [5.41, 5.74) is -1.87. The Morgan fingerprint density at radius 1 is 1.21 bits per heavy atom. The van der Waals surface area contributed by atoms with E-state index in [0.717, 1.165) is 18.2 Å². The maximum absolute atomic E-state index is 12.8. The maximum atomic E-state index is 12.8. The predicted octanol–water partition coefficient (Wildman–Crippen LogP) is 2.49. The number of halogens is 3. The molecule has 0 spiro atoms. The molecule has 1 aromatic rings. The topological polar surface area (TPSA) is 84.5 Å². The SMILES string of the molecule is CC[C@H](C)NC(=O)NC(=O)COC(=O)c1ccccc1C(F)(F)F. The zero-order valence-corrected chi connectivity index (χ0v) is 13.1. The lowest BCUT2D eigenvalue weighted by atomic mass is 10.1. The second kappa shape index (κ2) is 8.32. The van der Waals surface area contributed by atoms with Crippen LogP contribution in [0, 0.1) is 0 Å². The second-order valence-electron chi connectivity index (χ2n) is 4.95. The smallest absolute Gasteiger partial charge is 0.417 e. The molecule has 24 heavy (non-hydrogen) atoms. The number of amides is 3. The molecule has 0 heterocycles. The molecule has 0 saturated heterocycles. The number of benzene rings is 1. The molecule has 0 aliphatic rings. The van der Waals surface area contributed by atoms with Gasteiger partial charge in [0.15, 0.2) is 6.61 Å². The maximum Gasteiger partial charge on any atom is 0.417 e. The van der Waals surface area contributed by atoms with E-state index in [-0.39, 0.29) is 6.04 Å². The Balaban J connectivity index is 2.61. The third-order valence-electron chi connectivity index (χ3n) is 3.03. The lowest BCUT2D eigenvalue weighted by molar-refractivity contribution is -0.138. The molecule has 0 radical (unpaired) electrons. The van der Waals surface area contributed by atoms with Crippen molar-refractivity contribution in [3.63, 3.8) is 0 Å². The van der Waals surface area contributed by atoms with E-state index in [0.29, 0.717) is 6.42 Å². The monoisotopic (exact) mass is 346 g/mol. The molecular formula is C15H17F3N2O4. The van der Waals surface area contributed by atoms with Crippen LogP contribution >= 0.6 is 0 Å². The number of hydrogen-bond acceptors (Lipinski definition) is 4. The van der Waals surface area contributed by atoms with Gasteiger partial charge in [0.2, 0.25) is 0 Å². The molecule has 1 aromatic carbocycles. The Bertz CT molecular complexity index is 617. The van der Waals surface area contributed by atoms with E-state index < -0.39 is 41.8 Å². The van der Waals surface area contributed by atoms with Gasteiger partial charge in [-0.2, -0.15) is 13.2 Å². The molecular weight excluding hydrogens is 329 g/mol. The molecule has 2 N–H and O–H groups in total. The van der Waals surface area contributed by atoms with E-state index >= 15 is 0 Å². The number of rotatable bonds is 5. The summed E-state index contributed by atoms with van der Waals surface area (Å²) in [5, 5.41) is 4.36. The van der Waals surface area contributed by atoms with Crippen molar-refractivity contribution in [2.75, 3.05) is 6.61 Å². The summed E-state index contributed by atoms with van der Waals surface area (Å²) in [6.07, 6.45) is -4.08. The van der Waals surface area contributed by atoms with E-state index in [1.807, 2.05) is 12.2 Å². The quantitative estimate of drug-likeness (QED) is 0.802. The second-order valence-corrected chi connectivity index (χ2v) is 4.95. The first-order valence-electron chi connectivity index (χ1n) is 7.08. The number of ether oxygens (including phenoxy) is 1. The van der Waals surface area contributed by atoms with E-state index in [4.69, 9.17) is 0 Å². The lowest BCUT2D eigenvalue weighted by Gasteiger charge is -2.13. The van der Waals surface area contributed by atoms with Gasteiger partial charge in [-0.15, -0.1) is 0 Å². The fourth-order valence-corrected chi connectivity index (χ4v) is 1.64. The fraction of sp³-hybridized carbons (Fsp3) is 0.400. The summed E-state index contributed by atoms with van der Waals surface area (Å²) < 4.78 is 42.9. The van der Waals surface area contributed by atoms with Crippen molar-refractivity contribution in [1.82, 2.24) is 10.6 Å². The number of esters is 1. The summed E-state index contributed by atoms with van der Waals surface area (Å²) in [4.78, 5) is 34.6. The molecule has 0 fully saturated rings. The third kappa shape index (κ3) is 5.90. The number of hydrogen-bond donors (Lipinski definition) is 2. The summed E-state index contributed by atoms with van der Waals surface area (Å²) >= 11 is 0. The number of carbonyl (C=O) groups is 3. The van der Waals surface area contributed by atoms with Crippen LogP contribution in [-0.2, 0) is 15.7 Å². The van der Waals surface area contributed by atoms with Gasteiger partial charge >= 0.3 is 18.2 Å². The first-order chi connectivity index (χ1) is 11.1. The highest BCUT2D eigenvalue weighted by molar-refractivity contribution is 5.97. The number of carbonyl (C=O) groups excluding carboxylic acids is 3. The van der Waals surface area contributed by atoms with Gasteiger partial charge < -0.3 is 10.1 Å². The Morgan fingerprint density at radius 2 is 1.83 bits per heavy atom. The Kier molecular flexibility index (Phi) is 6.75. The lowest BCUT2D eigenvalue weighted by Crippen LogP contribution is -2.44. The van der Waals surface area contributed by atoms with Gasteiger partial charge in [-0.05, 0) is 25.5 Å². The summed E-state index contributed by atoms with van der Waals surface area (Å²) in [6, 6.07) is 3.10. The van der Waals surface area contributed by atoms with Crippen LogP contribution in [0.5, 0.6) is 0 Å². The summed E-state index contributed by atoms with van der Waals surface area (Å²) in [6.45, 7) is 2.67. The third-order valence-corrected chi connectivity index (χ3v) is 3.03. The van der Waals surface area contributed by atoms with Gasteiger partial charge in [-0.25, -0.2) is 9.59 Å². The highest BCUT2D eigenvalue weighted by Crippen LogP contribution is 2.32. The Labute approximate surface area is 136 Å². The molecule has 0 aromatic heterocycles. The molecule has 6 nitrogen and oxygen atoms in total. The predicted molar refractivity (Wildman–Crippen MR) is 78.2 cm³/mol. The highest BCUT2D eigenvalue weighted by atomic mass is 19.4. The normalized spacial score (nSPS) is 12.2. The number of imide groups is 1. The molecule has 3 amide bonds. The molecule has 0 saturated carbocycles. The minimum atomic E-state index is -4.73. The molecule has 132 valence electrons. The summed E-state index contributed by atoms with van der Waals surface area (Å²) in [5.74, 6) is -2.26. The van der Waals surface area contributed by atoms with E-state index in [2.05, 4.69) is 10.1 Å². The minimum absolute atomic E-state index is 0.168. The molecule has 9 heteroatoms. The van der Waals surface area contributed by atoms with Crippen molar-refractivity contribution in [3.8, 4) is 0 Å². The van der Waals surface area contributed by atoms with Crippen LogP contribution < -0.4 is 10.6 Å².